The maximum Gasteiger partial charge on any atom is 0.335 e. The van der Waals surface area contributed by atoms with E-state index in [2.05, 4.69) is 5.32 Å². The average Bonchev–Trinajstić information content (AvgIpc) is 2.54. The number of unbranched alkanes of at least 4 members (excludes halogenated alkanes) is 1. The smallest absolute Gasteiger partial charge is 0.335 e. The Morgan fingerprint density at radius 2 is 1.84 bits per heavy atom. The van der Waals surface area contributed by atoms with Crippen LogP contribution in [-0.2, 0) is 9.84 Å². The third-order valence-corrected chi connectivity index (χ3v) is 5.10. The van der Waals surface area contributed by atoms with Gasteiger partial charge in [0.05, 0.1) is 10.5 Å². The van der Waals surface area contributed by atoms with Crippen LogP contribution in [0.25, 0.3) is 11.1 Å². The van der Waals surface area contributed by atoms with Gasteiger partial charge in [-0.05, 0) is 36.2 Å². The monoisotopic (exact) mass is 381 g/mol. The van der Waals surface area contributed by atoms with Crippen LogP contribution < -0.4 is 5.32 Å². The SMILES string of the molecule is CCCCNc1cc(C(=O)O)cc(S(C)(=O)=O)c1-c1ccc(Cl)cc1. The molecule has 5 nitrogen and oxygen atoms in total. The standard InChI is InChI=1S/C18H20ClNO4S/c1-3-4-9-20-15-10-13(18(21)22)11-16(25(2,23)24)17(15)12-5-7-14(19)8-6-12/h5-8,10-11,20H,3-4,9H2,1-2H3,(H,21,22). The highest BCUT2D eigenvalue weighted by Crippen LogP contribution is 2.36. The Morgan fingerprint density at radius 1 is 1.20 bits per heavy atom. The molecule has 2 aromatic carbocycles. The second kappa shape index (κ2) is 7.89. The van der Waals surface area contributed by atoms with E-state index < -0.39 is 15.8 Å². The molecule has 2 aromatic rings. The first kappa shape index (κ1) is 19.3. The molecule has 0 amide bonds. The van der Waals surface area contributed by atoms with E-state index in [4.69, 9.17) is 11.6 Å². The maximum atomic E-state index is 12.3. The van der Waals surface area contributed by atoms with Gasteiger partial charge >= 0.3 is 5.97 Å². The maximum absolute atomic E-state index is 12.3. The van der Waals surface area contributed by atoms with Crippen LogP contribution in [0.3, 0.4) is 0 Å². The van der Waals surface area contributed by atoms with Gasteiger partial charge in [-0.1, -0.05) is 37.1 Å². The molecule has 0 bridgehead atoms. The molecule has 2 rings (SSSR count). The van der Waals surface area contributed by atoms with Crippen LogP contribution in [0, 0.1) is 0 Å². The highest BCUT2D eigenvalue weighted by atomic mass is 35.5. The van der Waals surface area contributed by atoms with Gasteiger partial charge in [0.2, 0.25) is 0 Å². The molecule has 0 saturated carbocycles. The molecule has 0 unspecified atom stereocenters. The number of benzene rings is 2. The van der Waals surface area contributed by atoms with Crippen LogP contribution >= 0.6 is 11.6 Å². The summed E-state index contributed by atoms with van der Waals surface area (Å²) in [4.78, 5) is 11.4. The molecule has 0 aliphatic rings. The van der Waals surface area contributed by atoms with E-state index in [-0.39, 0.29) is 10.5 Å². The van der Waals surface area contributed by atoms with Crippen molar-refractivity contribution in [3.63, 3.8) is 0 Å². The van der Waals surface area contributed by atoms with Crippen molar-refractivity contribution in [1.82, 2.24) is 0 Å². The number of carboxylic acid groups (broad SMARTS) is 1. The summed E-state index contributed by atoms with van der Waals surface area (Å²) in [5, 5.41) is 13.0. The summed E-state index contributed by atoms with van der Waals surface area (Å²) in [5.74, 6) is -1.17. The van der Waals surface area contributed by atoms with Crippen molar-refractivity contribution in [3.8, 4) is 11.1 Å². The van der Waals surface area contributed by atoms with Crippen molar-refractivity contribution in [2.45, 2.75) is 24.7 Å². The molecule has 0 fully saturated rings. The van der Waals surface area contributed by atoms with E-state index in [9.17, 15) is 18.3 Å². The Balaban J connectivity index is 2.74. The van der Waals surface area contributed by atoms with E-state index in [1.807, 2.05) is 6.92 Å². The minimum absolute atomic E-state index is 0.0197. The third kappa shape index (κ3) is 4.74. The summed E-state index contributed by atoms with van der Waals surface area (Å²) >= 11 is 5.93. The van der Waals surface area contributed by atoms with Gasteiger partial charge in [-0.3, -0.25) is 0 Å². The van der Waals surface area contributed by atoms with Crippen LogP contribution in [0.15, 0.2) is 41.3 Å². The lowest BCUT2D eigenvalue weighted by Gasteiger charge is -2.17. The van der Waals surface area contributed by atoms with Crippen molar-refractivity contribution in [2.75, 3.05) is 18.1 Å². The highest BCUT2D eigenvalue weighted by molar-refractivity contribution is 7.90. The molecule has 0 aliphatic carbocycles. The van der Waals surface area contributed by atoms with Gasteiger partial charge in [-0.15, -0.1) is 0 Å². The number of hydrogen-bond acceptors (Lipinski definition) is 4. The van der Waals surface area contributed by atoms with Gasteiger partial charge in [0.1, 0.15) is 0 Å². The topological polar surface area (TPSA) is 83.5 Å². The summed E-state index contributed by atoms with van der Waals surface area (Å²) in [6.45, 7) is 2.65. The number of hydrogen-bond donors (Lipinski definition) is 2. The lowest BCUT2D eigenvalue weighted by molar-refractivity contribution is 0.0696. The predicted molar refractivity (Wildman–Crippen MR) is 100 cm³/mol. The van der Waals surface area contributed by atoms with E-state index in [0.29, 0.717) is 28.4 Å². The van der Waals surface area contributed by atoms with Gasteiger partial charge in [-0.2, -0.15) is 0 Å². The summed E-state index contributed by atoms with van der Waals surface area (Å²) in [5.41, 5.74) is 1.52. The zero-order valence-corrected chi connectivity index (χ0v) is 15.6. The van der Waals surface area contributed by atoms with Crippen LogP contribution in [-0.4, -0.2) is 32.3 Å². The fourth-order valence-electron chi connectivity index (χ4n) is 2.48. The van der Waals surface area contributed by atoms with E-state index >= 15 is 0 Å². The molecule has 0 aromatic heterocycles. The van der Waals surface area contributed by atoms with Crippen molar-refractivity contribution < 1.29 is 18.3 Å². The number of sulfone groups is 1. The van der Waals surface area contributed by atoms with Gasteiger partial charge in [-0.25, -0.2) is 13.2 Å². The Morgan fingerprint density at radius 3 is 2.36 bits per heavy atom. The quantitative estimate of drug-likeness (QED) is 0.698. The first-order valence-corrected chi connectivity index (χ1v) is 10.1. The molecular formula is C18H20ClNO4S. The van der Waals surface area contributed by atoms with Gasteiger partial charge < -0.3 is 10.4 Å². The molecule has 0 atom stereocenters. The Labute approximate surface area is 152 Å². The minimum Gasteiger partial charge on any atom is -0.478 e. The van der Waals surface area contributed by atoms with E-state index in [1.54, 1.807) is 24.3 Å². The second-order valence-electron chi connectivity index (χ2n) is 5.76. The fraction of sp³-hybridized carbons (Fsp3) is 0.278. The van der Waals surface area contributed by atoms with Gasteiger partial charge in [0.25, 0.3) is 0 Å². The zero-order valence-electron chi connectivity index (χ0n) is 14.0. The minimum atomic E-state index is -3.64. The number of anilines is 1. The summed E-state index contributed by atoms with van der Waals surface area (Å²) in [7, 11) is -3.64. The molecule has 25 heavy (non-hydrogen) atoms. The molecule has 0 heterocycles. The third-order valence-electron chi connectivity index (χ3n) is 3.73. The average molecular weight is 382 g/mol. The van der Waals surface area contributed by atoms with Crippen molar-refractivity contribution in [2.24, 2.45) is 0 Å². The molecule has 134 valence electrons. The number of aromatic carboxylic acids is 1. The van der Waals surface area contributed by atoms with Crippen molar-refractivity contribution in [1.29, 1.82) is 0 Å². The summed E-state index contributed by atoms with van der Waals surface area (Å²) in [6, 6.07) is 9.45. The summed E-state index contributed by atoms with van der Waals surface area (Å²) < 4.78 is 24.6. The molecule has 0 spiro atoms. The summed E-state index contributed by atoms with van der Waals surface area (Å²) in [6.07, 6.45) is 2.91. The Hall–Kier alpha value is -2.05. The van der Waals surface area contributed by atoms with Crippen LogP contribution in [0.2, 0.25) is 5.02 Å². The second-order valence-corrected chi connectivity index (χ2v) is 8.18. The van der Waals surface area contributed by atoms with E-state index in [1.165, 1.54) is 12.1 Å². The number of carbonyl (C=O) groups is 1. The zero-order chi connectivity index (χ0) is 18.6. The number of nitrogens with one attached hydrogen (secondary N) is 1. The lowest BCUT2D eigenvalue weighted by Crippen LogP contribution is -2.10. The molecule has 7 heteroatoms. The molecule has 2 N–H and O–H groups in total. The number of halogens is 1. The normalized spacial score (nSPS) is 11.3. The van der Waals surface area contributed by atoms with Crippen molar-refractivity contribution >= 4 is 33.1 Å². The molecule has 0 radical (unpaired) electrons. The van der Waals surface area contributed by atoms with E-state index in [0.717, 1.165) is 19.1 Å². The molecular weight excluding hydrogens is 362 g/mol. The molecule has 0 aliphatic heterocycles. The molecule has 0 saturated heterocycles. The largest absolute Gasteiger partial charge is 0.478 e. The Bertz CT molecular complexity index is 877. The Kier molecular flexibility index (Phi) is 6.08. The van der Waals surface area contributed by atoms with Gasteiger partial charge in [0, 0.05) is 29.1 Å². The fourth-order valence-corrected chi connectivity index (χ4v) is 3.55. The number of carboxylic acids is 1. The van der Waals surface area contributed by atoms with Crippen LogP contribution in [0.1, 0.15) is 30.1 Å². The lowest BCUT2D eigenvalue weighted by atomic mass is 10.0. The highest BCUT2D eigenvalue weighted by Gasteiger charge is 2.22. The number of rotatable bonds is 7. The first-order chi connectivity index (χ1) is 11.7. The van der Waals surface area contributed by atoms with Crippen LogP contribution in [0.4, 0.5) is 5.69 Å². The van der Waals surface area contributed by atoms with Crippen LogP contribution in [0.5, 0.6) is 0 Å². The first-order valence-electron chi connectivity index (χ1n) is 7.85. The van der Waals surface area contributed by atoms with Gasteiger partial charge in [0.15, 0.2) is 9.84 Å². The van der Waals surface area contributed by atoms with Crippen molar-refractivity contribution in [3.05, 3.63) is 47.0 Å². The predicted octanol–water partition coefficient (Wildman–Crippen LogP) is 4.32.